The van der Waals surface area contributed by atoms with Crippen LogP contribution in [0.15, 0.2) is 24.3 Å². The molecule has 1 aromatic carbocycles. The zero-order valence-electron chi connectivity index (χ0n) is 12.4. The van der Waals surface area contributed by atoms with E-state index < -0.39 is 24.3 Å². The Labute approximate surface area is 153 Å². The van der Waals surface area contributed by atoms with Gasteiger partial charge in [0.2, 0.25) is 0 Å². The van der Waals surface area contributed by atoms with Gasteiger partial charge in [-0.05, 0) is 0 Å². The molecule has 0 heterocycles. The summed E-state index contributed by atoms with van der Waals surface area (Å²) in [5.74, 6) is -4.59. The number of carboxylic acid groups (broad SMARTS) is 2. The molecule has 1 aromatic rings. The first-order valence-electron chi connectivity index (χ1n) is 6.07. The molecule has 25 heavy (non-hydrogen) atoms. The maximum Gasteiger partial charge on any atom is 0.490 e. The van der Waals surface area contributed by atoms with Crippen LogP contribution in [-0.2, 0) is 35.7 Å². The van der Waals surface area contributed by atoms with Crippen molar-refractivity contribution in [2.24, 2.45) is 5.73 Å². The van der Waals surface area contributed by atoms with Gasteiger partial charge >= 0.3 is 107 Å². The molecule has 4 N–H and O–H groups in total. The summed E-state index contributed by atoms with van der Waals surface area (Å²) in [7, 11) is 0. The number of nitrogens with two attached hydrogens (primary N) is 1. The molecule has 0 aromatic heterocycles. The van der Waals surface area contributed by atoms with E-state index in [1.54, 1.807) is 0 Å². The quantitative estimate of drug-likeness (QED) is 0.379. The molecule has 0 aliphatic rings. The van der Waals surface area contributed by atoms with Crippen LogP contribution in [0.1, 0.15) is 0 Å². The van der Waals surface area contributed by atoms with Crippen molar-refractivity contribution in [3.8, 4) is 5.75 Å². The zero-order chi connectivity index (χ0) is 20.3. The Morgan fingerprint density at radius 2 is 1.28 bits per heavy atom. The summed E-state index contributed by atoms with van der Waals surface area (Å²) in [4.78, 5) is 17.8. The van der Waals surface area contributed by atoms with Crippen LogP contribution in [0.3, 0.4) is 0 Å². The molecule has 0 bridgehead atoms. The molecule has 13 heteroatoms. The minimum absolute atomic E-state index is 0.576. The maximum absolute atomic E-state index is 10.6. The van der Waals surface area contributed by atoms with Crippen molar-refractivity contribution in [2.75, 3.05) is 13.2 Å². The number of hydrogen-bond donors (Lipinski definition) is 3. The fourth-order valence-corrected chi connectivity index (χ4v) is 1.68. The van der Waals surface area contributed by atoms with Gasteiger partial charge < -0.3 is 10.2 Å². The normalized spacial score (nSPS) is 10.6. The third kappa shape index (κ3) is 15.7. The second-order valence-electron chi connectivity index (χ2n) is 3.89. The molecule has 0 saturated heterocycles. The van der Waals surface area contributed by atoms with Crippen LogP contribution in [0.5, 0.6) is 5.75 Å². The molecular formula is C12H12F6HgNO5. The first-order chi connectivity index (χ1) is 11.2. The Morgan fingerprint density at radius 3 is 1.52 bits per heavy atom. The number of carboxylic acids is 2. The Morgan fingerprint density at radius 1 is 0.960 bits per heavy atom. The van der Waals surface area contributed by atoms with Gasteiger partial charge in [-0.2, -0.15) is 26.3 Å². The molecular weight excluding hydrogens is 553 g/mol. The predicted octanol–water partition coefficient (Wildman–Crippen LogP) is 1.46. The Balaban J connectivity index is 0. The third-order valence-electron chi connectivity index (χ3n) is 1.79. The van der Waals surface area contributed by atoms with Crippen molar-refractivity contribution in [2.45, 2.75) is 12.4 Å². The van der Waals surface area contributed by atoms with Crippen molar-refractivity contribution in [1.82, 2.24) is 0 Å². The second kappa shape index (κ2) is 11.9. The van der Waals surface area contributed by atoms with E-state index in [1.807, 2.05) is 12.1 Å². The standard InChI is InChI=1S/C8H10NO.2C2HF3O2.Hg/c9-6-7-10-8-4-2-1-3-5-8;2*3-2(4,5)1(6)7;/h2-5H,6-7,9H2;2*(H,6,7);. The molecule has 0 atom stereocenters. The smallest absolute Gasteiger partial charge is 0.475 e. The second-order valence-corrected chi connectivity index (χ2v) is 7.06. The predicted molar refractivity (Wildman–Crippen MR) is 68.0 cm³/mol. The molecule has 0 aliphatic heterocycles. The molecule has 6 nitrogen and oxygen atoms in total. The summed E-state index contributed by atoms with van der Waals surface area (Å²) in [5, 5.41) is 14.2. The van der Waals surface area contributed by atoms with E-state index >= 15 is 0 Å². The van der Waals surface area contributed by atoms with E-state index in [9.17, 15) is 26.3 Å². The van der Waals surface area contributed by atoms with Gasteiger partial charge in [0, 0.05) is 0 Å². The van der Waals surface area contributed by atoms with Crippen LogP contribution in [0.4, 0.5) is 26.3 Å². The first kappa shape index (κ1) is 25.7. The summed E-state index contributed by atoms with van der Waals surface area (Å²) in [5.41, 5.74) is 5.29. The molecule has 139 valence electrons. The van der Waals surface area contributed by atoms with Crippen LogP contribution >= 0.6 is 0 Å². The number of rotatable bonds is 3. The van der Waals surface area contributed by atoms with Crippen LogP contribution in [0, 0.1) is 0 Å². The van der Waals surface area contributed by atoms with Gasteiger partial charge in [0.1, 0.15) is 0 Å². The van der Waals surface area contributed by atoms with Crippen molar-refractivity contribution >= 4 is 15.0 Å². The third-order valence-corrected chi connectivity index (χ3v) is 3.63. The van der Waals surface area contributed by atoms with E-state index in [2.05, 4.69) is 12.1 Å². The number of benzene rings is 1. The summed E-state index contributed by atoms with van der Waals surface area (Å²) in [6, 6.07) is 8.21. The monoisotopic (exact) mass is 566 g/mol. The topological polar surface area (TPSA) is 110 Å². The number of ether oxygens (including phenoxy) is 1. The number of hydrogen-bond acceptors (Lipinski definition) is 4. The van der Waals surface area contributed by atoms with Gasteiger partial charge in [0.05, 0.1) is 0 Å². The maximum atomic E-state index is 10.6. The fraction of sp³-hybridized carbons (Fsp3) is 0.333. The van der Waals surface area contributed by atoms with Gasteiger partial charge in [-0.25, -0.2) is 9.59 Å². The molecule has 1 rings (SSSR count). The Kier molecular flexibility index (Phi) is 12.2. The van der Waals surface area contributed by atoms with E-state index in [-0.39, 0.29) is 0 Å². The van der Waals surface area contributed by atoms with Crippen molar-refractivity contribution in [1.29, 1.82) is 0 Å². The van der Waals surface area contributed by atoms with E-state index in [0.717, 1.165) is 5.75 Å². The number of carbonyl (C=O) groups is 2. The largest absolute Gasteiger partial charge is 0.490 e. The molecule has 0 unspecified atom stereocenters. The fourth-order valence-electron chi connectivity index (χ4n) is 0.762. The molecule has 0 spiro atoms. The summed E-state index contributed by atoms with van der Waals surface area (Å²) in [6.45, 7) is 1.18. The van der Waals surface area contributed by atoms with Crippen molar-refractivity contribution < 1.29 is 77.0 Å². The van der Waals surface area contributed by atoms with Gasteiger partial charge in [-0.1, -0.05) is 0 Å². The van der Waals surface area contributed by atoms with Gasteiger partial charge in [0.15, 0.2) is 0 Å². The van der Waals surface area contributed by atoms with Crippen LogP contribution < -0.4 is 13.5 Å². The summed E-state index contributed by atoms with van der Waals surface area (Å²) in [6.07, 6.45) is -10.2. The molecule has 0 amide bonds. The van der Waals surface area contributed by atoms with Crippen molar-refractivity contribution in [3.63, 3.8) is 0 Å². The first-order valence-corrected chi connectivity index (χ1v) is 8.81. The molecule has 0 aliphatic carbocycles. The molecule has 0 fully saturated rings. The van der Waals surface area contributed by atoms with Crippen LogP contribution in [-0.4, -0.2) is 47.7 Å². The van der Waals surface area contributed by atoms with Gasteiger partial charge in [0.25, 0.3) is 0 Å². The van der Waals surface area contributed by atoms with Gasteiger partial charge in [-0.15, -0.1) is 0 Å². The Bertz CT molecular complexity index is 508. The average Bonchev–Trinajstić information content (AvgIpc) is 2.46. The van der Waals surface area contributed by atoms with E-state index in [0.29, 0.717) is 39.3 Å². The zero-order valence-corrected chi connectivity index (χ0v) is 17.9. The van der Waals surface area contributed by atoms with Gasteiger partial charge in [-0.3, -0.25) is 0 Å². The molecule has 0 saturated carbocycles. The minimum Gasteiger partial charge on any atom is -0.475 e. The summed E-state index contributed by atoms with van der Waals surface area (Å²) >= 11 is 0.716. The SMILES string of the molecule is NCCOc1cc[c]([Hg])cc1.O=C(O)C(F)(F)F.O=C(O)C(F)(F)F. The number of alkyl halides is 6. The molecule has 0 radical (unpaired) electrons. The summed E-state index contributed by atoms with van der Waals surface area (Å²) < 4.78 is 70.2. The minimum atomic E-state index is -5.08. The Hall–Kier alpha value is -1.56. The van der Waals surface area contributed by atoms with Crippen molar-refractivity contribution in [3.05, 3.63) is 24.3 Å². The number of aliphatic carboxylic acids is 2. The van der Waals surface area contributed by atoms with E-state index in [1.165, 1.54) is 3.07 Å². The number of halogens is 6. The van der Waals surface area contributed by atoms with Crippen LogP contribution in [0.2, 0.25) is 0 Å². The average molecular weight is 565 g/mol. The van der Waals surface area contributed by atoms with E-state index in [4.69, 9.17) is 30.3 Å². The van der Waals surface area contributed by atoms with Crippen LogP contribution in [0.25, 0.3) is 0 Å².